The minimum atomic E-state index is -0.154. The van der Waals surface area contributed by atoms with Gasteiger partial charge >= 0.3 is 0 Å². The monoisotopic (exact) mass is 206 g/mol. The number of aromatic nitrogens is 2. The van der Waals surface area contributed by atoms with E-state index < -0.39 is 0 Å². The molecule has 1 amide bonds. The van der Waals surface area contributed by atoms with Crippen molar-refractivity contribution in [2.24, 2.45) is 7.05 Å². The van der Waals surface area contributed by atoms with Crippen LogP contribution in [0.1, 0.15) is 23.8 Å². The first-order chi connectivity index (χ1) is 7.06. The standard InChI is InChI=1S/C10H14N4O/c1-8(4-5-11)14(3)10(15)9-6-13(2)7-12-9/h6-8H,4H2,1-3H3. The molecule has 1 atom stereocenters. The lowest BCUT2D eigenvalue weighted by molar-refractivity contribution is 0.0741. The third-order valence-corrected chi connectivity index (χ3v) is 2.29. The van der Waals surface area contributed by atoms with Gasteiger partial charge in [-0.1, -0.05) is 0 Å². The maximum absolute atomic E-state index is 11.8. The highest BCUT2D eigenvalue weighted by molar-refractivity contribution is 5.92. The number of imidazole rings is 1. The first-order valence-corrected chi connectivity index (χ1v) is 4.68. The highest BCUT2D eigenvalue weighted by Crippen LogP contribution is 2.06. The number of hydrogen-bond acceptors (Lipinski definition) is 3. The van der Waals surface area contributed by atoms with Crippen LogP contribution >= 0.6 is 0 Å². The highest BCUT2D eigenvalue weighted by atomic mass is 16.2. The summed E-state index contributed by atoms with van der Waals surface area (Å²) in [4.78, 5) is 17.3. The van der Waals surface area contributed by atoms with Crippen LogP contribution in [-0.2, 0) is 7.05 Å². The van der Waals surface area contributed by atoms with Gasteiger partial charge in [0, 0.05) is 26.3 Å². The van der Waals surface area contributed by atoms with Crippen LogP contribution in [0, 0.1) is 11.3 Å². The van der Waals surface area contributed by atoms with E-state index in [-0.39, 0.29) is 11.9 Å². The van der Waals surface area contributed by atoms with Crippen molar-refractivity contribution in [3.8, 4) is 6.07 Å². The maximum atomic E-state index is 11.8. The molecule has 0 bridgehead atoms. The van der Waals surface area contributed by atoms with Crippen LogP contribution in [0.25, 0.3) is 0 Å². The lowest BCUT2D eigenvalue weighted by Crippen LogP contribution is -2.35. The Morgan fingerprint density at radius 2 is 2.47 bits per heavy atom. The molecule has 1 heterocycles. The summed E-state index contributed by atoms with van der Waals surface area (Å²) in [5, 5.41) is 8.53. The Morgan fingerprint density at radius 3 is 2.93 bits per heavy atom. The van der Waals surface area contributed by atoms with Gasteiger partial charge in [0.15, 0.2) is 0 Å². The molecule has 0 saturated heterocycles. The van der Waals surface area contributed by atoms with Gasteiger partial charge in [-0.2, -0.15) is 5.26 Å². The van der Waals surface area contributed by atoms with Gasteiger partial charge in [0.1, 0.15) is 5.69 Å². The fraction of sp³-hybridized carbons (Fsp3) is 0.500. The van der Waals surface area contributed by atoms with Gasteiger partial charge < -0.3 is 9.47 Å². The van der Waals surface area contributed by atoms with Crippen molar-refractivity contribution >= 4 is 5.91 Å². The van der Waals surface area contributed by atoms with Gasteiger partial charge in [0.05, 0.1) is 18.8 Å². The molecule has 1 unspecified atom stereocenters. The minimum absolute atomic E-state index is 0.0930. The van der Waals surface area contributed by atoms with Crippen LogP contribution in [0.2, 0.25) is 0 Å². The number of nitriles is 1. The van der Waals surface area contributed by atoms with Crippen molar-refractivity contribution in [3.63, 3.8) is 0 Å². The summed E-state index contributed by atoms with van der Waals surface area (Å²) in [5.41, 5.74) is 0.407. The van der Waals surface area contributed by atoms with E-state index >= 15 is 0 Å². The average Bonchev–Trinajstić information content (AvgIpc) is 2.63. The van der Waals surface area contributed by atoms with E-state index in [4.69, 9.17) is 5.26 Å². The predicted molar refractivity (Wildman–Crippen MR) is 55.0 cm³/mol. The van der Waals surface area contributed by atoms with Gasteiger partial charge in [-0.05, 0) is 6.92 Å². The molecule has 0 N–H and O–H groups in total. The molecular formula is C10H14N4O. The summed E-state index contributed by atoms with van der Waals surface area (Å²) in [5.74, 6) is -0.154. The average molecular weight is 206 g/mol. The SMILES string of the molecule is CC(CC#N)N(C)C(=O)c1cn(C)cn1. The molecule has 0 aromatic carbocycles. The molecule has 0 aliphatic carbocycles. The Labute approximate surface area is 88.9 Å². The summed E-state index contributed by atoms with van der Waals surface area (Å²) in [6.07, 6.45) is 3.57. The molecule has 80 valence electrons. The molecule has 1 aromatic rings. The molecule has 0 aliphatic rings. The number of carbonyl (C=O) groups excluding carboxylic acids is 1. The molecular weight excluding hydrogens is 192 g/mol. The van der Waals surface area contributed by atoms with E-state index in [0.717, 1.165) is 0 Å². The molecule has 1 aromatic heterocycles. The van der Waals surface area contributed by atoms with Gasteiger partial charge in [-0.25, -0.2) is 4.98 Å². The second-order valence-corrected chi connectivity index (χ2v) is 3.55. The molecule has 15 heavy (non-hydrogen) atoms. The van der Waals surface area contributed by atoms with Crippen LogP contribution in [0.3, 0.4) is 0 Å². The van der Waals surface area contributed by atoms with Crippen LogP contribution in [0.5, 0.6) is 0 Å². The van der Waals surface area contributed by atoms with Crippen molar-refractivity contribution in [1.82, 2.24) is 14.5 Å². The lowest BCUT2D eigenvalue weighted by atomic mass is 10.2. The van der Waals surface area contributed by atoms with Crippen LogP contribution in [0.15, 0.2) is 12.5 Å². The number of rotatable bonds is 3. The van der Waals surface area contributed by atoms with Gasteiger partial charge in [0.2, 0.25) is 0 Å². The van der Waals surface area contributed by atoms with E-state index in [1.54, 1.807) is 24.1 Å². The smallest absolute Gasteiger partial charge is 0.274 e. The maximum Gasteiger partial charge on any atom is 0.274 e. The molecule has 1 rings (SSSR count). The van der Waals surface area contributed by atoms with Crippen LogP contribution < -0.4 is 0 Å². The highest BCUT2D eigenvalue weighted by Gasteiger charge is 2.18. The first kappa shape index (κ1) is 11.2. The number of aryl methyl sites for hydroxylation is 1. The largest absolute Gasteiger partial charge is 0.340 e. The lowest BCUT2D eigenvalue weighted by Gasteiger charge is -2.21. The third kappa shape index (κ3) is 2.56. The number of hydrogen-bond donors (Lipinski definition) is 0. The molecule has 0 spiro atoms. The zero-order valence-electron chi connectivity index (χ0n) is 9.14. The Kier molecular flexibility index (Phi) is 3.45. The summed E-state index contributed by atoms with van der Waals surface area (Å²) < 4.78 is 1.72. The van der Waals surface area contributed by atoms with Crippen LogP contribution in [0.4, 0.5) is 0 Å². The third-order valence-electron chi connectivity index (χ3n) is 2.29. The number of nitrogens with zero attached hydrogens (tertiary/aromatic N) is 4. The first-order valence-electron chi connectivity index (χ1n) is 4.68. The molecule has 5 heteroatoms. The summed E-state index contributed by atoms with van der Waals surface area (Å²) in [7, 11) is 3.49. The Balaban J connectivity index is 2.73. The van der Waals surface area contributed by atoms with E-state index in [1.165, 1.54) is 4.90 Å². The fourth-order valence-corrected chi connectivity index (χ4v) is 1.17. The van der Waals surface area contributed by atoms with Crippen molar-refractivity contribution < 1.29 is 4.79 Å². The molecule has 5 nitrogen and oxygen atoms in total. The topological polar surface area (TPSA) is 61.9 Å². The number of carbonyl (C=O) groups is 1. The van der Waals surface area contributed by atoms with Crippen molar-refractivity contribution in [2.45, 2.75) is 19.4 Å². The van der Waals surface area contributed by atoms with E-state index in [2.05, 4.69) is 4.98 Å². The second-order valence-electron chi connectivity index (χ2n) is 3.55. The van der Waals surface area contributed by atoms with Gasteiger partial charge in [0.25, 0.3) is 5.91 Å². The van der Waals surface area contributed by atoms with E-state index in [9.17, 15) is 4.79 Å². The second kappa shape index (κ2) is 4.60. The zero-order valence-corrected chi connectivity index (χ0v) is 9.14. The summed E-state index contributed by atoms with van der Waals surface area (Å²) >= 11 is 0. The minimum Gasteiger partial charge on any atom is -0.340 e. The quantitative estimate of drug-likeness (QED) is 0.734. The zero-order chi connectivity index (χ0) is 11.4. The van der Waals surface area contributed by atoms with Gasteiger partial charge in [-0.15, -0.1) is 0 Å². The molecule has 0 saturated carbocycles. The fourth-order valence-electron chi connectivity index (χ4n) is 1.17. The Hall–Kier alpha value is -1.83. The molecule has 0 fully saturated rings. The Morgan fingerprint density at radius 1 is 1.80 bits per heavy atom. The van der Waals surface area contributed by atoms with Gasteiger partial charge in [-0.3, -0.25) is 4.79 Å². The predicted octanol–water partition coefficient (Wildman–Crippen LogP) is 0.794. The van der Waals surface area contributed by atoms with Crippen molar-refractivity contribution in [3.05, 3.63) is 18.2 Å². The van der Waals surface area contributed by atoms with Crippen LogP contribution in [-0.4, -0.2) is 33.4 Å². The summed E-state index contributed by atoms with van der Waals surface area (Å²) in [6, 6.07) is 1.95. The van der Waals surface area contributed by atoms with E-state index in [0.29, 0.717) is 12.1 Å². The normalized spacial score (nSPS) is 11.9. The molecule has 0 radical (unpaired) electrons. The van der Waals surface area contributed by atoms with E-state index in [1.807, 2.05) is 20.0 Å². The Bertz CT molecular complexity index is 390. The van der Waals surface area contributed by atoms with Crippen molar-refractivity contribution in [1.29, 1.82) is 5.26 Å². The number of amides is 1. The summed E-state index contributed by atoms with van der Waals surface area (Å²) in [6.45, 7) is 1.84. The van der Waals surface area contributed by atoms with Crippen molar-refractivity contribution in [2.75, 3.05) is 7.05 Å². The molecule has 0 aliphatic heterocycles.